The molecule has 1 aliphatic carbocycles. The van der Waals surface area contributed by atoms with Gasteiger partial charge in [-0.25, -0.2) is 9.18 Å². The smallest absolute Gasteiger partial charge is 0.325 e. The Morgan fingerprint density at radius 1 is 1.36 bits per heavy atom. The second-order valence-corrected chi connectivity index (χ2v) is 6.78. The van der Waals surface area contributed by atoms with Gasteiger partial charge in [0, 0.05) is 6.04 Å². The molecule has 2 fully saturated rings. The van der Waals surface area contributed by atoms with Gasteiger partial charge in [0.15, 0.2) is 0 Å². The van der Waals surface area contributed by atoms with Gasteiger partial charge >= 0.3 is 6.03 Å². The van der Waals surface area contributed by atoms with Gasteiger partial charge in [-0.1, -0.05) is 19.1 Å². The summed E-state index contributed by atoms with van der Waals surface area (Å²) in [5.41, 5.74) is -0.753. The lowest BCUT2D eigenvalue weighted by Gasteiger charge is -2.25. The van der Waals surface area contributed by atoms with Crippen molar-refractivity contribution >= 4 is 17.8 Å². The van der Waals surface area contributed by atoms with Crippen LogP contribution in [-0.2, 0) is 15.1 Å². The first-order valence-electron chi connectivity index (χ1n) is 8.57. The highest BCUT2D eigenvalue weighted by Crippen LogP contribution is 2.33. The zero-order valence-electron chi connectivity index (χ0n) is 14.3. The Morgan fingerprint density at radius 2 is 2.00 bits per heavy atom. The number of carbonyl (C=O) groups is 3. The number of rotatable bonds is 6. The molecule has 1 saturated carbocycles. The van der Waals surface area contributed by atoms with Gasteiger partial charge in [-0.05, 0) is 49.8 Å². The van der Waals surface area contributed by atoms with Crippen LogP contribution in [0.3, 0.4) is 0 Å². The van der Waals surface area contributed by atoms with Crippen molar-refractivity contribution in [3.05, 3.63) is 35.6 Å². The summed E-state index contributed by atoms with van der Waals surface area (Å²) in [7, 11) is 0. The lowest BCUT2D eigenvalue weighted by atomic mass is 9.87. The number of hydrogen-bond acceptors (Lipinski definition) is 3. The summed E-state index contributed by atoms with van der Waals surface area (Å²) in [6.45, 7) is 3.38. The standard InChI is InChI=1S/C18H22FN3O3/c1-3-18(13-6-8-14(19)9-7-13)16(24)22(17(25)21-18)10-15(23)20-11(2)12-4-5-12/h6-9,11-12H,3-5,10H2,1-2H3,(H,20,23)(H,21,25)/t11-,18-/m1/s1. The average molecular weight is 347 g/mol. The van der Waals surface area contributed by atoms with Crippen molar-refractivity contribution in [1.29, 1.82) is 0 Å². The van der Waals surface area contributed by atoms with Crippen molar-refractivity contribution in [2.45, 2.75) is 44.7 Å². The van der Waals surface area contributed by atoms with Gasteiger partial charge in [0.05, 0.1) is 0 Å². The van der Waals surface area contributed by atoms with Crippen molar-refractivity contribution in [1.82, 2.24) is 15.5 Å². The number of hydrogen-bond donors (Lipinski definition) is 2. The molecule has 2 N–H and O–H groups in total. The molecule has 0 spiro atoms. The van der Waals surface area contributed by atoms with Crippen LogP contribution in [-0.4, -0.2) is 35.3 Å². The fourth-order valence-corrected chi connectivity index (χ4v) is 3.30. The molecule has 1 saturated heterocycles. The molecule has 0 aromatic heterocycles. The minimum Gasteiger partial charge on any atom is -0.352 e. The third-order valence-corrected chi connectivity index (χ3v) is 5.06. The lowest BCUT2D eigenvalue weighted by Crippen LogP contribution is -2.46. The topological polar surface area (TPSA) is 78.5 Å². The fraction of sp³-hybridized carbons (Fsp3) is 0.500. The minimum atomic E-state index is -1.26. The van der Waals surface area contributed by atoms with Gasteiger partial charge in [-0.2, -0.15) is 0 Å². The first-order valence-corrected chi connectivity index (χ1v) is 8.57. The first kappa shape index (κ1) is 17.4. The summed E-state index contributed by atoms with van der Waals surface area (Å²) in [6, 6.07) is 4.90. The van der Waals surface area contributed by atoms with Gasteiger partial charge in [0.2, 0.25) is 5.91 Å². The Morgan fingerprint density at radius 3 is 2.56 bits per heavy atom. The van der Waals surface area contributed by atoms with Crippen LogP contribution in [0, 0.1) is 11.7 Å². The van der Waals surface area contributed by atoms with Crippen LogP contribution in [0.25, 0.3) is 0 Å². The van der Waals surface area contributed by atoms with Gasteiger partial charge in [0.25, 0.3) is 5.91 Å². The van der Waals surface area contributed by atoms with E-state index in [9.17, 15) is 18.8 Å². The summed E-state index contributed by atoms with van der Waals surface area (Å²) >= 11 is 0. The van der Waals surface area contributed by atoms with E-state index >= 15 is 0 Å². The minimum absolute atomic E-state index is 0.0429. The van der Waals surface area contributed by atoms with E-state index in [1.807, 2.05) is 6.92 Å². The number of benzene rings is 1. The molecular formula is C18H22FN3O3. The third-order valence-electron chi connectivity index (χ3n) is 5.06. The Kier molecular flexibility index (Phi) is 4.49. The van der Waals surface area contributed by atoms with Crippen molar-refractivity contribution < 1.29 is 18.8 Å². The van der Waals surface area contributed by atoms with Gasteiger partial charge in [-0.3, -0.25) is 14.5 Å². The SMILES string of the molecule is CC[C@]1(c2ccc(F)cc2)NC(=O)N(CC(=O)N[C@H](C)C2CC2)C1=O. The molecule has 25 heavy (non-hydrogen) atoms. The van der Waals surface area contributed by atoms with E-state index in [1.165, 1.54) is 24.3 Å². The molecule has 7 heteroatoms. The summed E-state index contributed by atoms with van der Waals surface area (Å²) in [5.74, 6) is -0.771. The molecular weight excluding hydrogens is 325 g/mol. The van der Waals surface area contributed by atoms with E-state index in [0.717, 1.165) is 17.7 Å². The molecule has 0 radical (unpaired) electrons. The molecule has 0 unspecified atom stereocenters. The highest BCUT2D eigenvalue weighted by atomic mass is 19.1. The molecule has 6 nitrogen and oxygen atoms in total. The van der Waals surface area contributed by atoms with Crippen molar-refractivity contribution in [3.8, 4) is 0 Å². The molecule has 4 amide bonds. The first-order chi connectivity index (χ1) is 11.9. The lowest BCUT2D eigenvalue weighted by molar-refractivity contribution is -0.135. The maximum atomic E-state index is 13.2. The van der Waals surface area contributed by atoms with E-state index in [-0.39, 0.29) is 18.5 Å². The largest absolute Gasteiger partial charge is 0.352 e. The quantitative estimate of drug-likeness (QED) is 0.772. The number of carbonyl (C=O) groups excluding carboxylic acids is 3. The molecule has 134 valence electrons. The number of halogens is 1. The molecule has 2 atom stereocenters. The number of nitrogens with one attached hydrogen (secondary N) is 2. The normalized spacial score (nSPS) is 24.2. The molecule has 2 aliphatic rings. The fourth-order valence-electron chi connectivity index (χ4n) is 3.30. The van der Waals surface area contributed by atoms with E-state index in [2.05, 4.69) is 10.6 Å². The molecule has 3 rings (SSSR count). The highest BCUT2D eigenvalue weighted by molar-refractivity contribution is 6.09. The zero-order valence-corrected chi connectivity index (χ0v) is 14.3. The van der Waals surface area contributed by atoms with E-state index in [4.69, 9.17) is 0 Å². The number of imide groups is 1. The van der Waals surface area contributed by atoms with Crippen LogP contribution >= 0.6 is 0 Å². The molecule has 0 bridgehead atoms. The zero-order chi connectivity index (χ0) is 18.2. The van der Waals surface area contributed by atoms with E-state index in [1.54, 1.807) is 6.92 Å². The Hall–Kier alpha value is -2.44. The molecule has 1 aromatic carbocycles. The van der Waals surface area contributed by atoms with Crippen LogP contribution in [0.4, 0.5) is 9.18 Å². The van der Waals surface area contributed by atoms with E-state index < -0.39 is 23.3 Å². The van der Waals surface area contributed by atoms with Crippen LogP contribution in [0.5, 0.6) is 0 Å². The number of amides is 4. The summed E-state index contributed by atoms with van der Waals surface area (Å²) < 4.78 is 13.2. The Labute approximate surface area is 145 Å². The van der Waals surface area contributed by atoms with Crippen LogP contribution in [0.1, 0.15) is 38.7 Å². The number of urea groups is 1. The van der Waals surface area contributed by atoms with E-state index in [0.29, 0.717) is 17.9 Å². The predicted molar refractivity (Wildman–Crippen MR) is 88.9 cm³/mol. The highest BCUT2D eigenvalue weighted by Gasteiger charge is 2.51. The third kappa shape index (κ3) is 3.23. The Balaban J connectivity index is 1.76. The summed E-state index contributed by atoms with van der Waals surface area (Å²) in [5, 5.41) is 5.52. The van der Waals surface area contributed by atoms with Crippen LogP contribution in [0.15, 0.2) is 24.3 Å². The molecule has 1 aliphatic heterocycles. The van der Waals surface area contributed by atoms with Gasteiger partial charge in [0.1, 0.15) is 17.9 Å². The average Bonchev–Trinajstić information content (AvgIpc) is 3.39. The Bertz CT molecular complexity index is 702. The molecule has 1 aromatic rings. The number of nitrogens with zero attached hydrogens (tertiary/aromatic N) is 1. The molecule has 1 heterocycles. The van der Waals surface area contributed by atoms with Crippen molar-refractivity contribution in [2.24, 2.45) is 5.92 Å². The van der Waals surface area contributed by atoms with Crippen molar-refractivity contribution in [3.63, 3.8) is 0 Å². The van der Waals surface area contributed by atoms with Crippen LogP contribution < -0.4 is 10.6 Å². The maximum absolute atomic E-state index is 13.2. The van der Waals surface area contributed by atoms with Gasteiger partial charge < -0.3 is 10.6 Å². The second kappa shape index (κ2) is 6.46. The summed E-state index contributed by atoms with van der Waals surface area (Å²) in [6.07, 6.45) is 2.49. The van der Waals surface area contributed by atoms with Crippen molar-refractivity contribution in [2.75, 3.05) is 6.54 Å². The monoisotopic (exact) mass is 347 g/mol. The van der Waals surface area contributed by atoms with Crippen LogP contribution in [0.2, 0.25) is 0 Å². The predicted octanol–water partition coefficient (Wildman–Crippen LogP) is 1.90. The van der Waals surface area contributed by atoms with Gasteiger partial charge in [-0.15, -0.1) is 0 Å². The summed E-state index contributed by atoms with van der Waals surface area (Å²) in [4.78, 5) is 38.3. The second-order valence-electron chi connectivity index (χ2n) is 6.78. The maximum Gasteiger partial charge on any atom is 0.325 e.